The molecule has 0 heterocycles. The first-order chi connectivity index (χ1) is 4.67. The molecule has 0 fully saturated rings. The number of hydrogen-bond donors (Lipinski definition) is 1. The van der Waals surface area contributed by atoms with Crippen LogP contribution in [-0.4, -0.2) is 13.2 Å². The van der Waals surface area contributed by atoms with E-state index in [0.717, 1.165) is 0 Å². The normalized spacial score (nSPS) is 15.3. The third-order valence-corrected chi connectivity index (χ3v) is 7.51. The van der Waals surface area contributed by atoms with E-state index in [9.17, 15) is 0 Å². The predicted octanol–water partition coefficient (Wildman–Crippen LogP) is 3.50. The second kappa shape index (κ2) is 3.01. The molecule has 0 saturated heterocycles. The van der Waals surface area contributed by atoms with Crippen molar-refractivity contribution < 1.29 is 5.11 Å². The Morgan fingerprint density at radius 3 is 1.73 bits per heavy atom. The minimum atomic E-state index is -1.38. The molecular formula is C9H20OSi. The van der Waals surface area contributed by atoms with Gasteiger partial charge in [-0.2, -0.15) is 0 Å². The maximum Gasteiger partial charge on any atom is 0.0814 e. The highest BCUT2D eigenvalue weighted by Gasteiger charge is 2.32. The van der Waals surface area contributed by atoms with Crippen molar-refractivity contribution in [2.24, 2.45) is 0 Å². The summed E-state index contributed by atoms with van der Waals surface area (Å²) in [4.78, 5) is 0. The third kappa shape index (κ3) is 3.10. The summed E-state index contributed by atoms with van der Waals surface area (Å²) in [6.45, 7) is 13.0. The molecule has 0 aliphatic rings. The van der Waals surface area contributed by atoms with Gasteiger partial charge in [-0.3, -0.25) is 0 Å². The highest BCUT2D eigenvalue weighted by molar-refractivity contribution is 6.84. The van der Waals surface area contributed by atoms with Gasteiger partial charge in [-0.05, 0) is 12.0 Å². The lowest BCUT2D eigenvalue weighted by Crippen LogP contribution is -2.35. The van der Waals surface area contributed by atoms with E-state index >= 15 is 0 Å². The summed E-state index contributed by atoms with van der Waals surface area (Å²) in [7, 11) is -1.38. The molecule has 0 atom stereocenters. The maximum absolute atomic E-state index is 9.15. The van der Waals surface area contributed by atoms with Gasteiger partial charge in [0.05, 0.1) is 13.8 Å². The van der Waals surface area contributed by atoms with Crippen LogP contribution >= 0.6 is 0 Å². The van der Waals surface area contributed by atoms with Gasteiger partial charge in [-0.1, -0.05) is 39.6 Å². The van der Waals surface area contributed by atoms with Crippen molar-refractivity contribution in [1.82, 2.24) is 0 Å². The Kier molecular flexibility index (Phi) is 2.95. The molecule has 2 heteroatoms. The zero-order valence-electron chi connectivity index (χ0n) is 8.52. The minimum absolute atomic E-state index is 0.330. The van der Waals surface area contributed by atoms with Gasteiger partial charge >= 0.3 is 0 Å². The summed E-state index contributed by atoms with van der Waals surface area (Å²) >= 11 is 0. The molecule has 0 unspecified atom stereocenters. The summed E-state index contributed by atoms with van der Waals surface area (Å²) in [6.07, 6.45) is 0. The fourth-order valence-electron chi connectivity index (χ4n) is 0.739. The van der Waals surface area contributed by atoms with E-state index in [1.54, 1.807) is 6.92 Å². The number of allylic oxidation sites excluding steroid dienone is 1. The highest BCUT2D eigenvalue weighted by atomic mass is 28.3. The van der Waals surface area contributed by atoms with Crippen LogP contribution in [0.2, 0.25) is 18.1 Å². The second-order valence-electron chi connectivity index (χ2n) is 4.76. The molecule has 0 aliphatic carbocycles. The molecule has 1 N–H and O–H groups in total. The molecule has 0 aromatic rings. The van der Waals surface area contributed by atoms with Crippen LogP contribution in [0.1, 0.15) is 27.7 Å². The molecule has 1 nitrogen and oxygen atoms in total. The smallest absolute Gasteiger partial charge is 0.0814 e. The van der Waals surface area contributed by atoms with Crippen molar-refractivity contribution >= 4 is 8.07 Å². The molecule has 11 heavy (non-hydrogen) atoms. The van der Waals surface area contributed by atoms with E-state index in [-0.39, 0.29) is 0 Å². The van der Waals surface area contributed by atoms with Crippen LogP contribution < -0.4 is 0 Å². The standard InChI is InChI=1S/C9H20OSi/c1-8(10)7-11(5,6)9(2,3)4/h7,10H,1-6H3/b8-7-. The second-order valence-corrected chi connectivity index (χ2v) is 9.99. The summed E-state index contributed by atoms with van der Waals surface area (Å²) in [6, 6.07) is 0. The first-order valence-corrected chi connectivity index (χ1v) is 7.13. The quantitative estimate of drug-likeness (QED) is 0.474. The van der Waals surface area contributed by atoms with Crippen LogP contribution in [0.25, 0.3) is 0 Å². The van der Waals surface area contributed by atoms with Crippen molar-refractivity contribution in [2.75, 3.05) is 0 Å². The average Bonchev–Trinajstić information content (AvgIpc) is 1.56. The van der Waals surface area contributed by atoms with E-state index in [2.05, 4.69) is 33.9 Å². The molecule has 0 bridgehead atoms. The molecular weight excluding hydrogens is 152 g/mol. The maximum atomic E-state index is 9.15. The van der Waals surface area contributed by atoms with Gasteiger partial charge in [0, 0.05) is 0 Å². The lowest BCUT2D eigenvalue weighted by Gasteiger charge is -2.34. The van der Waals surface area contributed by atoms with Gasteiger partial charge in [-0.25, -0.2) is 0 Å². The predicted molar refractivity (Wildman–Crippen MR) is 53.6 cm³/mol. The number of aliphatic hydroxyl groups is 1. The van der Waals surface area contributed by atoms with Crippen LogP contribution in [0.5, 0.6) is 0 Å². The Hall–Kier alpha value is -0.243. The summed E-state index contributed by atoms with van der Waals surface area (Å²) in [5.74, 6) is 0.469. The Morgan fingerprint density at radius 2 is 1.64 bits per heavy atom. The van der Waals surface area contributed by atoms with Crippen molar-refractivity contribution in [1.29, 1.82) is 0 Å². The van der Waals surface area contributed by atoms with Gasteiger partial charge in [0.25, 0.3) is 0 Å². The molecule has 0 spiro atoms. The van der Waals surface area contributed by atoms with E-state index in [4.69, 9.17) is 5.11 Å². The molecule has 66 valence electrons. The van der Waals surface area contributed by atoms with Crippen LogP contribution in [0, 0.1) is 0 Å². The lowest BCUT2D eigenvalue weighted by molar-refractivity contribution is 0.415. The van der Waals surface area contributed by atoms with E-state index in [0.29, 0.717) is 10.8 Å². The fourth-order valence-corrected chi connectivity index (χ4v) is 2.22. The fraction of sp³-hybridized carbons (Fsp3) is 0.778. The first-order valence-electron chi connectivity index (χ1n) is 4.05. The molecule has 0 aliphatic heterocycles. The van der Waals surface area contributed by atoms with Crippen LogP contribution in [0.3, 0.4) is 0 Å². The van der Waals surface area contributed by atoms with Gasteiger partial charge in [0.2, 0.25) is 0 Å². The number of rotatable bonds is 1. The number of hydrogen-bond acceptors (Lipinski definition) is 1. The summed E-state index contributed by atoms with van der Waals surface area (Å²) < 4.78 is 0. The third-order valence-electron chi connectivity index (χ3n) is 2.50. The van der Waals surface area contributed by atoms with Gasteiger partial charge < -0.3 is 5.11 Å². The average molecular weight is 172 g/mol. The Balaban J connectivity index is 4.61. The molecule has 0 aromatic heterocycles. The Bertz CT molecular complexity index is 159. The lowest BCUT2D eigenvalue weighted by atomic mass is 10.2. The number of aliphatic hydroxyl groups excluding tert-OH is 1. The van der Waals surface area contributed by atoms with Crippen molar-refractivity contribution in [2.45, 2.75) is 45.8 Å². The topological polar surface area (TPSA) is 20.2 Å². The SMILES string of the molecule is C/C(O)=C/[Si](C)(C)C(C)(C)C. The van der Waals surface area contributed by atoms with Crippen molar-refractivity contribution in [3.63, 3.8) is 0 Å². The molecule has 0 rings (SSSR count). The Morgan fingerprint density at radius 1 is 1.27 bits per heavy atom. The van der Waals surface area contributed by atoms with Crippen LogP contribution in [-0.2, 0) is 0 Å². The monoisotopic (exact) mass is 172 g/mol. The highest BCUT2D eigenvalue weighted by Crippen LogP contribution is 2.36. The van der Waals surface area contributed by atoms with Crippen LogP contribution in [0.15, 0.2) is 11.5 Å². The first kappa shape index (κ1) is 10.8. The van der Waals surface area contributed by atoms with Crippen LogP contribution in [0.4, 0.5) is 0 Å². The van der Waals surface area contributed by atoms with Crippen molar-refractivity contribution in [3.8, 4) is 0 Å². The zero-order valence-corrected chi connectivity index (χ0v) is 9.52. The molecule has 0 aromatic carbocycles. The molecule has 0 amide bonds. The largest absolute Gasteiger partial charge is 0.513 e. The Labute approximate surface area is 71.1 Å². The minimum Gasteiger partial charge on any atom is -0.513 e. The van der Waals surface area contributed by atoms with Crippen molar-refractivity contribution in [3.05, 3.63) is 11.5 Å². The van der Waals surface area contributed by atoms with E-state index in [1.807, 2.05) is 5.70 Å². The summed E-state index contributed by atoms with van der Waals surface area (Å²) in [5.41, 5.74) is 2.05. The van der Waals surface area contributed by atoms with Gasteiger partial charge in [0.1, 0.15) is 0 Å². The molecule has 0 saturated carbocycles. The van der Waals surface area contributed by atoms with Gasteiger partial charge in [0.15, 0.2) is 0 Å². The zero-order chi connectivity index (χ0) is 9.28. The van der Waals surface area contributed by atoms with E-state index < -0.39 is 8.07 Å². The summed E-state index contributed by atoms with van der Waals surface area (Å²) in [5, 5.41) is 9.48. The molecule has 0 radical (unpaired) electrons. The van der Waals surface area contributed by atoms with Gasteiger partial charge in [-0.15, -0.1) is 0 Å². The van der Waals surface area contributed by atoms with E-state index in [1.165, 1.54) is 0 Å².